The van der Waals surface area contributed by atoms with Gasteiger partial charge >= 0.3 is 0 Å². The number of hydrogen-bond acceptors (Lipinski definition) is 7. The third-order valence-corrected chi connectivity index (χ3v) is 7.96. The van der Waals surface area contributed by atoms with E-state index >= 15 is 0 Å². The lowest BCUT2D eigenvalue weighted by Gasteiger charge is -2.43. The fourth-order valence-electron chi connectivity index (χ4n) is 5.20. The first-order chi connectivity index (χ1) is 20.7. The number of nitrogens with zero attached hydrogens (tertiary/aromatic N) is 5. The summed E-state index contributed by atoms with van der Waals surface area (Å²) in [4.78, 5) is 27.4. The number of fused-ring (bicyclic) bond motifs is 3. The second kappa shape index (κ2) is 11.6. The van der Waals surface area contributed by atoms with E-state index in [0.717, 1.165) is 5.56 Å². The van der Waals surface area contributed by atoms with Gasteiger partial charge in [0.2, 0.25) is 5.95 Å². The Bertz CT molecular complexity index is 1690. The molecule has 3 heterocycles. The monoisotopic (exact) mass is 602 g/mol. The smallest absolute Gasteiger partial charge is 0.257 e. The van der Waals surface area contributed by atoms with Crippen LogP contribution >= 0.6 is 11.6 Å². The third-order valence-electron chi connectivity index (χ3n) is 7.73. The number of carbonyl (C=O) groups excluding carboxylic acids is 1. The Morgan fingerprint density at radius 3 is 2.49 bits per heavy atom. The number of anilines is 4. The first kappa shape index (κ1) is 28.5. The van der Waals surface area contributed by atoms with Gasteiger partial charge in [-0.1, -0.05) is 17.7 Å². The number of benzene rings is 3. The van der Waals surface area contributed by atoms with Gasteiger partial charge in [-0.15, -0.1) is 0 Å². The number of aromatic nitrogens is 2. The van der Waals surface area contributed by atoms with Gasteiger partial charge in [-0.25, -0.2) is 18.7 Å². The minimum atomic E-state index is -0.669. The molecule has 1 amide bonds. The van der Waals surface area contributed by atoms with Crippen LogP contribution in [0, 0.1) is 17.0 Å². The van der Waals surface area contributed by atoms with E-state index in [2.05, 4.69) is 20.5 Å². The molecule has 0 radical (unpaired) electrons. The van der Waals surface area contributed by atoms with Crippen LogP contribution in [0.5, 0.6) is 0 Å². The number of para-hydroxylation sites is 1. The van der Waals surface area contributed by atoms with E-state index in [4.69, 9.17) is 22.0 Å². The highest BCUT2D eigenvalue weighted by Gasteiger charge is 2.31. The summed E-state index contributed by atoms with van der Waals surface area (Å²) in [6.07, 6.45) is 2.15. The highest BCUT2D eigenvalue weighted by atomic mass is 35.5. The third kappa shape index (κ3) is 5.73. The molecule has 9 nitrogen and oxygen atoms in total. The van der Waals surface area contributed by atoms with E-state index in [-0.39, 0.29) is 17.6 Å². The Morgan fingerprint density at radius 2 is 1.79 bits per heavy atom. The van der Waals surface area contributed by atoms with Crippen LogP contribution in [-0.4, -0.2) is 71.4 Å². The predicted octanol–water partition coefficient (Wildman–Crippen LogP) is 5.42. The highest BCUT2D eigenvalue weighted by molar-refractivity contribution is 6.31. The van der Waals surface area contributed by atoms with Crippen molar-refractivity contribution >= 4 is 46.5 Å². The van der Waals surface area contributed by atoms with Crippen molar-refractivity contribution in [2.24, 2.45) is 0 Å². The second-order valence-corrected chi connectivity index (χ2v) is 11.2. The summed E-state index contributed by atoms with van der Waals surface area (Å²) >= 11 is 6.33. The Hall–Kier alpha value is -4.61. The van der Waals surface area contributed by atoms with E-state index in [9.17, 15) is 13.6 Å². The lowest BCUT2D eigenvalue weighted by Crippen LogP contribution is -2.62. The van der Waals surface area contributed by atoms with E-state index in [1.54, 1.807) is 53.6 Å². The maximum absolute atomic E-state index is 14.8. The Morgan fingerprint density at radius 1 is 1.07 bits per heavy atom. The largest absolute Gasteiger partial charge is 0.340 e. The maximum Gasteiger partial charge on any atom is 0.257 e. The summed E-state index contributed by atoms with van der Waals surface area (Å²) in [7, 11) is 3.99. The number of nitrogens with one attached hydrogen (secondary N) is 3. The van der Waals surface area contributed by atoms with E-state index in [1.807, 2.05) is 19.0 Å². The maximum atomic E-state index is 14.8. The fraction of sp³-hybridized carbons (Fsp3) is 0.226. The Labute approximate surface area is 252 Å². The molecule has 3 N–H and O–H groups in total. The van der Waals surface area contributed by atoms with E-state index < -0.39 is 11.6 Å². The molecule has 0 aliphatic carbocycles. The van der Waals surface area contributed by atoms with Crippen LogP contribution in [0.2, 0.25) is 5.02 Å². The van der Waals surface area contributed by atoms with E-state index in [1.165, 1.54) is 18.2 Å². The quantitative estimate of drug-likeness (QED) is 0.207. The van der Waals surface area contributed by atoms with Crippen LogP contribution < -0.4 is 15.5 Å². The Kier molecular flexibility index (Phi) is 7.68. The molecule has 2 aliphatic heterocycles. The normalized spacial score (nSPS) is 14.5. The minimum Gasteiger partial charge on any atom is -0.340 e. The summed E-state index contributed by atoms with van der Waals surface area (Å²) < 4.78 is 29.7. The van der Waals surface area contributed by atoms with Crippen LogP contribution in [0.1, 0.15) is 15.9 Å². The zero-order valence-electron chi connectivity index (χ0n) is 23.5. The van der Waals surface area contributed by atoms with Crippen molar-refractivity contribution < 1.29 is 13.6 Å². The molecule has 0 saturated carbocycles. The summed E-state index contributed by atoms with van der Waals surface area (Å²) in [5, 5.41) is 14.4. The average molecular weight is 603 g/mol. The summed E-state index contributed by atoms with van der Waals surface area (Å²) in [5.74, 6) is -1.30. The van der Waals surface area contributed by atoms with E-state index in [0.29, 0.717) is 71.3 Å². The summed E-state index contributed by atoms with van der Waals surface area (Å²) in [6.45, 7) is 1.69. The van der Waals surface area contributed by atoms with Crippen LogP contribution in [0.15, 0.2) is 66.9 Å². The van der Waals surface area contributed by atoms with Gasteiger partial charge in [0.1, 0.15) is 17.3 Å². The standard InChI is InChI=1S/C31H29ClF2N8O/c1-40(2)22-16-41(17-22)30(35)39-29(43)18-6-9-21(10-7-18)37-31-36-15-19-12-13-42(28-24(33)4-3-5-25(28)34)26-14-20(32)8-11-23(26)27(19)38-31/h3-11,14-15,22H,12-13,16-17H2,1-2H3,(H2,35,39,43)(H,36,37,38). The molecule has 4 aromatic rings. The number of rotatable bonds is 5. The first-order valence-corrected chi connectivity index (χ1v) is 14.1. The van der Waals surface area contributed by atoms with Crippen molar-refractivity contribution in [3.05, 3.63) is 94.6 Å². The van der Waals surface area contributed by atoms with Gasteiger partial charge in [0, 0.05) is 53.7 Å². The summed E-state index contributed by atoms with van der Waals surface area (Å²) in [6, 6.07) is 16.1. The van der Waals surface area contributed by atoms with Crippen molar-refractivity contribution in [3.8, 4) is 11.3 Å². The fourth-order valence-corrected chi connectivity index (χ4v) is 5.37. The van der Waals surface area contributed by atoms with Crippen LogP contribution in [0.3, 0.4) is 0 Å². The topological polar surface area (TPSA) is 100 Å². The molecule has 220 valence electrons. The molecule has 6 rings (SSSR count). The van der Waals surface area contributed by atoms with Gasteiger partial charge in [-0.3, -0.25) is 15.5 Å². The Balaban J connectivity index is 1.20. The predicted molar refractivity (Wildman–Crippen MR) is 164 cm³/mol. The second-order valence-electron chi connectivity index (χ2n) is 10.7. The molecule has 0 atom stereocenters. The molecule has 0 unspecified atom stereocenters. The van der Waals surface area contributed by atoms with Gasteiger partial charge < -0.3 is 20.0 Å². The number of amides is 1. The molecule has 2 aliphatic rings. The molecule has 1 saturated heterocycles. The zero-order valence-corrected chi connectivity index (χ0v) is 24.3. The molecule has 0 spiro atoms. The number of guanidine groups is 1. The summed E-state index contributed by atoms with van der Waals surface area (Å²) in [5.41, 5.74) is 3.57. The molecule has 0 bridgehead atoms. The minimum absolute atomic E-state index is 0.0848. The molecule has 12 heteroatoms. The van der Waals surface area contributed by atoms with Gasteiger partial charge in [0.25, 0.3) is 5.91 Å². The number of carbonyl (C=O) groups is 1. The van der Waals surface area contributed by atoms with Crippen LogP contribution in [0.25, 0.3) is 11.3 Å². The number of hydrogen-bond donors (Lipinski definition) is 3. The van der Waals surface area contributed by atoms with Crippen molar-refractivity contribution in [2.45, 2.75) is 12.5 Å². The van der Waals surface area contributed by atoms with Crippen molar-refractivity contribution in [2.75, 3.05) is 43.9 Å². The average Bonchev–Trinajstić information content (AvgIpc) is 3.09. The van der Waals surface area contributed by atoms with Gasteiger partial charge in [0.15, 0.2) is 5.96 Å². The number of likely N-dealkylation sites (N-methyl/N-ethyl adjacent to an activating group) is 1. The number of halogens is 3. The highest BCUT2D eigenvalue weighted by Crippen LogP contribution is 2.42. The molecular formula is C31H29ClF2N8O. The van der Waals surface area contributed by atoms with Crippen molar-refractivity contribution in [1.29, 1.82) is 5.41 Å². The lowest BCUT2D eigenvalue weighted by molar-refractivity contribution is 0.0942. The van der Waals surface area contributed by atoms with Gasteiger partial charge in [-0.05, 0) is 80.7 Å². The molecule has 43 heavy (non-hydrogen) atoms. The van der Waals surface area contributed by atoms with Crippen LogP contribution in [-0.2, 0) is 6.42 Å². The molecule has 1 aromatic heterocycles. The molecule has 1 fully saturated rings. The molecular weight excluding hydrogens is 574 g/mol. The lowest BCUT2D eigenvalue weighted by atomic mass is 10.0. The molecule has 3 aromatic carbocycles. The van der Waals surface area contributed by atoms with Crippen molar-refractivity contribution in [3.63, 3.8) is 0 Å². The van der Waals surface area contributed by atoms with Crippen molar-refractivity contribution in [1.82, 2.24) is 25.1 Å². The zero-order chi connectivity index (χ0) is 30.2. The number of likely N-dealkylation sites (tertiary alicyclic amines) is 1. The van der Waals surface area contributed by atoms with Gasteiger partial charge in [-0.2, -0.15) is 0 Å². The first-order valence-electron chi connectivity index (χ1n) is 13.7. The van der Waals surface area contributed by atoms with Crippen LogP contribution in [0.4, 0.5) is 31.8 Å². The SMILES string of the molecule is CN(C)C1CN(C(=N)NC(=O)c2ccc(Nc3ncc4c(n3)-c3ccc(Cl)cc3N(c3c(F)cccc3F)CC4)cc2)C1. The van der Waals surface area contributed by atoms with Gasteiger partial charge in [0.05, 0.1) is 11.4 Å².